The first-order chi connectivity index (χ1) is 10.1. The lowest BCUT2D eigenvalue weighted by Gasteiger charge is -2.14. The highest BCUT2D eigenvalue weighted by atomic mass is 19.4. The number of rotatable bonds is 2. The summed E-state index contributed by atoms with van der Waals surface area (Å²) in [6, 6.07) is 6.24. The maximum absolute atomic E-state index is 12.9. The molecule has 2 aromatic carbocycles. The summed E-state index contributed by atoms with van der Waals surface area (Å²) < 4.78 is 80.8. The Morgan fingerprint density at radius 3 is 1.86 bits per heavy atom. The molecular weight excluding hydrogens is 312 g/mol. The number of benzene rings is 2. The topological polar surface area (TPSA) is 35.2 Å². The minimum absolute atomic E-state index is 0.105. The van der Waals surface area contributed by atoms with E-state index in [1.165, 1.54) is 6.07 Å². The molecule has 0 aliphatic carbocycles. The van der Waals surface area contributed by atoms with Crippen LogP contribution < -0.4 is 10.5 Å². The second kappa shape index (κ2) is 5.43. The summed E-state index contributed by atoms with van der Waals surface area (Å²) in [4.78, 5) is 0. The van der Waals surface area contributed by atoms with Gasteiger partial charge in [-0.25, -0.2) is 0 Å². The van der Waals surface area contributed by atoms with Gasteiger partial charge in [-0.3, -0.25) is 0 Å². The summed E-state index contributed by atoms with van der Waals surface area (Å²) in [6.45, 7) is 0. The molecule has 0 saturated carbocycles. The zero-order valence-electron chi connectivity index (χ0n) is 10.8. The molecule has 2 aromatic rings. The average molecular weight is 321 g/mol. The summed E-state index contributed by atoms with van der Waals surface area (Å²) in [5.41, 5.74) is 3.17. The summed E-state index contributed by atoms with van der Waals surface area (Å²) in [7, 11) is 0. The predicted molar refractivity (Wildman–Crippen MR) is 67.4 cm³/mol. The molecule has 0 saturated heterocycles. The Hall–Kier alpha value is -2.38. The van der Waals surface area contributed by atoms with Crippen LogP contribution in [0.5, 0.6) is 11.5 Å². The lowest BCUT2D eigenvalue weighted by atomic mass is 10.1. The zero-order valence-corrected chi connectivity index (χ0v) is 10.8. The highest BCUT2D eigenvalue weighted by molar-refractivity contribution is 5.50. The second-order valence-corrected chi connectivity index (χ2v) is 4.38. The first kappa shape index (κ1) is 16.0. The van der Waals surface area contributed by atoms with Crippen molar-refractivity contribution in [3.63, 3.8) is 0 Å². The van der Waals surface area contributed by atoms with Gasteiger partial charge >= 0.3 is 12.4 Å². The Morgan fingerprint density at radius 1 is 0.773 bits per heavy atom. The standard InChI is InChI=1S/C14H9F6NO/c15-13(16,17)8-1-4-10(5-2-8)22-12-6-3-9(21)7-11(12)14(18,19)20/h1-7H,21H2. The van der Waals surface area contributed by atoms with Gasteiger partial charge in [-0.2, -0.15) is 26.3 Å². The Kier molecular flexibility index (Phi) is 3.95. The van der Waals surface area contributed by atoms with Crippen LogP contribution in [-0.2, 0) is 12.4 Å². The molecule has 2 N–H and O–H groups in total. The molecule has 0 aliphatic heterocycles. The molecule has 0 aromatic heterocycles. The van der Waals surface area contributed by atoms with E-state index in [1.807, 2.05) is 0 Å². The van der Waals surface area contributed by atoms with Crippen LogP contribution in [0.1, 0.15) is 11.1 Å². The van der Waals surface area contributed by atoms with Gasteiger partial charge in [0.15, 0.2) is 0 Å². The van der Waals surface area contributed by atoms with Crippen LogP contribution in [0.3, 0.4) is 0 Å². The average Bonchev–Trinajstić information content (AvgIpc) is 2.39. The van der Waals surface area contributed by atoms with E-state index in [1.54, 1.807) is 0 Å². The molecule has 0 unspecified atom stereocenters. The number of halogens is 6. The summed E-state index contributed by atoms with van der Waals surface area (Å²) in [5.74, 6) is -0.690. The van der Waals surface area contributed by atoms with Crippen molar-refractivity contribution in [1.29, 1.82) is 0 Å². The van der Waals surface area contributed by atoms with Crippen LogP contribution >= 0.6 is 0 Å². The lowest BCUT2D eigenvalue weighted by molar-refractivity contribution is -0.138. The maximum atomic E-state index is 12.9. The van der Waals surface area contributed by atoms with Crippen molar-refractivity contribution in [2.24, 2.45) is 0 Å². The fourth-order valence-electron chi connectivity index (χ4n) is 1.70. The number of ether oxygens (including phenoxy) is 1. The van der Waals surface area contributed by atoms with Gasteiger partial charge in [-0.05, 0) is 42.5 Å². The van der Waals surface area contributed by atoms with E-state index in [9.17, 15) is 26.3 Å². The molecule has 22 heavy (non-hydrogen) atoms. The Morgan fingerprint density at radius 2 is 1.36 bits per heavy atom. The molecule has 0 bridgehead atoms. The minimum atomic E-state index is -4.70. The first-order valence-electron chi connectivity index (χ1n) is 5.89. The summed E-state index contributed by atoms with van der Waals surface area (Å²) in [6.07, 6.45) is -9.23. The van der Waals surface area contributed by atoms with Gasteiger partial charge in [0, 0.05) is 5.69 Å². The van der Waals surface area contributed by atoms with Crippen molar-refractivity contribution in [3.05, 3.63) is 53.6 Å². The monoisotopic (exact) mass is 321 g/mol. The van der Waals surface area contributed by atoms with Crippen LogP contribution in [-0.4, -0.2) is 0 Å². The lowest BCUT2D eigenvalue weighted by Crippen LogP contribution is -2.08. The maximum Gasteiger partial charge on any atom is 0.420 e. The van der Waals surface area contributed by atoms with Crippen LogP contribution in [0.2, 0.25) is 0 Å². The van der Waals surface area contributed by atoms with Gasteiger partial charge in [-0.1, -0.05) is 0 Å². The molecule has 2 nitrogen and oxygen atoms in total. The van der Waals surface area contributed by atoms with Crippen molar-refractivity contribution in [3.8, 4) is 11.5 Å². The van der Waals surface area contributed by atoms with E-state index in [-0.39, 0.29) is 11.4 Å². The smallest absolute Gasteiger partial charge is 0.420 e. The Labute approximate surface area is 121 Å². The van der Waals surface area contributed by atoms with Gasteiger partial charge in [0.1, 0.15) is 17.1 Å². The number of hydrogen-bond donors (Lipinski definition) is 1. The van der Waals surface area contributed by atoms with E-state index in [0.29, 0.717) is 6.07 Å². The molecule has 0 aliphatic rings. The second-order valence-electron chi connectivity index (χ2n) is 4.38. The minimum Gasteiger partial charge on any atom is -0.457 e. The molecule has 2 rings (SSSR count). The van der Waals surface area contributed by atoms with Crippen LogP contribution in [0.25, 0.3) is 0 Å². The quantitative estimate of drug-likeness (QED) is 0.617. The Bertz CT molecular complexity index is 661. The Balaban J connectivity index is 2.32. The van der Waals surface area contributed by atoms with Crippen molar-refractivity contribution >= 4 is 5.69 Å². The molecule has 0 amide bonds. The van der Waals surface area contributed by atoms with Gasteiger partial charge in [-0.15, -0.1) is 0 Å². The van der Waals surface area contributed by atoms with Crippen molar-refractivity contribution < 1.29 is 31.1 Å². The third-order valence-electron chi connectivity index (χ3n) is 2.72. The van der Waals surface area contributed by atoms with Crippen LogP contribution in [0.4, 0.5) is 32.0 Å². The van der Waals surface area contributed by atoms with Gasteiger partial charge in [0.25, 0.3) is 0 Å². The highest BCUT2D eigenvalue weighted by Crippen LogP contribution is 2.39. The van der Waals surface area contributed by atoms with Crippen LogP contribution in [0.15, 0.2) is 42.5 Å². The SMILES string of the molecule is Nc1ccc(Oc2ccc(C(F)(F)F)cc2)c(C(F)(F)F)c1. The number of alkyl halides is 6. The fraction of sp³-hybridized carbons (Fsp3) is 0.143. The van der Waals surface area contributed by atoms with E-state index < -0.39 is 29.2 Å². The van der Waals surface area contributed by atoms with E-state index >= 15 is 0 Å². The number of anilines is 1. The molecular formula is C14H9F6NO. The van der Waals surface area contributed by atoms with Crippen molar-refractivity contribution in [2.45, 2.75) is 12.4 Å². The normalized spacial score (nSPS) is 12.3. The largest absolute Gasteiger partial charge is 0.457 e. The number of nitrogen functional groups attached to an aromatic ring is 1. The molecule has 0 heterocycles. The van der Waals surface area contributed by atoms with E-state index in [4.69, 9.17) is 10.5 Å². The van der Waals surface area contributed by atoms with Gasteiger partial charge < -0.3 is 10.5 Å². The number of nitrogens with two attached hydrogens (primary N) is 1. The molecule has 0 spiro atoms. The highest BCUT2D eigenvalue weighted by Gasteiger charge is 2.35. The molecule has 118 valence electrons. The van der Waals surface area contributed by atoms with Crippen molar-refractivity contribution in [2.75, 3.05) is 5.73 Å². The predicted octanol–water partition coefficient (Wildman–Crippen LogP) is 5.10. The molecule has 0 fully saturated rings. The van der Waals surface area contributed by atoms with Gasteiger partial charge in [0.05, 0.1) is 5.56 Å². The molecule has 0 radical (unpaired) electrons. The summed E-state index contributed by atoms with van der Waals surface area (Å²) in [5, 5.41) is 0. The number of hydrogen-bond acceptors (Lipinski definition) is 2. The van der Waals surface area contributed by atoms with Crippen LogP contribution in [0, 0.1) is 0 Å². The summed E-state index contributed by atoms with van der Waals surface area (Å²) >= 11 is 0. The zero-order chi connectivity index (χ0) is 16.5. The third kappa shape index (κ3) is 3.63. The molecule has 8 heteroatoms. The molecule has 0 atom stereocenters. The van der Waals surface area contributed by atoms with E-state index in [0.717, 1.165) is 30.3 Å². The fourth-order valence-corrected chi connectivity index (χ4v) is 1.70. The third-order valence-corrected chi connectivity index (χ3v) is 2.72. The van der Waals surface area contributed by atoms with Gasteiger partial charge in [0.2, 0.25) is 0 Å². The first-order valence-corrected chi connectivity index (χ1v) is 5.89. The van der Waals surface area contributed by atoms with Crippen molar-refractivity contribution in [1.82, 2.24) is 0 Å². The van der Waals surface area contributed by atoms with E-state index in [2.05, 4.69) is 0 Å².